The number of aromatic nitrogens is 2. The Hall–Kier alpha value is -0.900. The zero-order valence-corrected chi connectivity index (χ0v) is 10.6. The van der Waals surface area contributed by atoms with Crippen molar-refractivity contribution in [3.63, 3.8) is 0 Å². The van der Waals surface area contributed by atoms with E-state index in [1.54, 1.807) is 17.1 Å². The molecular weight excluding hydrogens is 205 g/mol. The number of aryl methyl sites for hydroxylation is 1. The van der Waals surface area contributed by atoms with E-state index in [0.717, 1.165) is 13.0 Å². The summed E-state index contributed by atoms with van der Waals surface area (Å²) >= 11 is 0. The smallest absolute Gasteiger partial charge is 0.155 e. The lowest BCUT2D eigenvalue weighted by molar-refractivity contribution is 0.0342. The molecule has 1 unspecified atom stereocenters. The summed E-state index contributed by atoms with van der Waals surface area (Å²) in [5, 5.41) is 4.15. The Morgan fingerprint density at radius 2 is 2.06 bits per heavy atom. The fourth-order valence-electron chi connectivity index (χ4n) is 1.78. The normalized spacial score (nSPS) is 16.1. The topological polar surface area (TPSA) is 43.8 Å². The second-order valence-corrected chi connectivity index (χ2v) is 5.25. The molecule has 1 rings (SSSR count). The van der Waals surface area contributed by atoms with Crippen LogP contribution in [0.2, 0.25) is 0 Å². The molecule has 92 valence electrons. The maximum Gasteiger partial charge on any atom is 0.155 e. The third-order valence-corrected chi connectivity index (χ3v) is 3.01. The van der Waals surface area contributed by atoms with Crippen molar-refractivity contribution < 1.29 is 4.39 Å². The summed E-state index contributed by atoms with van der Waals surface area (Å²) in [5.74, 6) is 0. The molecule has 0 bridgehead atoms. The molecule has 0 spiro atoms. The Bertz CT molecular complexity index is 340. The van der Waals surface area contributed by atoms with E-state index in [1.165, 1.54) is 0 Å². The summed E-state index contributed by atoms with van der Waals surface area (Å²) < 4.78 is 16.6. The first-order valence-electron chi connectivity index (χ1n) is 5.77. The third kappa shape index (κ3) is 2.26. The maximum atomic E-state index is 14.8. The number of halogens is 1. The van der Waals surface area contributed by atoms with Crippen molar-refractivity contribution in [3.05, 3.63) is 18.0 Å². The minimum Gasteiger partial charge on any atom is -0.327 e. The summed E-state index contributed by atoms with van der Waals surface area (Å²) in [6.45, 7) is 8.43. The van der Waals surface area contributed by atoms with E-state index in [-0.39, 0.29) is 6.54 Å². The van der Waals surface area contributed by atoms with Crippen LogP contribution >= 0.6 is 0 Å². The van der Waals surface area contributed by atoms with E-state index in [9.17, 15) is 4.39 Å². The maximum absolute atomic E-state index is 14.8. The van der Waals surface area contributed by atoms with E-state index in [4.69, 9.17) is 5.73 Å². The van der Waals surface area contributed by atoms with Gasteiger partial charge < -0.3 is 5.73 Å². The van der Waals surface area contributed by atoms with Gasteiger partial charge in [0, 0.05) is 30.3 Å². The van der Waals surface area contributed by atoms with Crippen molar-refractivity contribution in [1.82, 2.24) is 9.78 Å². The van der Waals surface area contributed by atoms with E-state index in [1.807, 2.05) is 20.8 Å². The predicted octanol–water partition coefficient (Wildman–Crippen LogP) is 2.46. The van der Waals surface area contributed by atoms with Gasteiger partial charge in [-0.25, -0.2) is 4.39 Å². The molecule has 0 fully saturated rings. The molecule has 4 heteroatoms. The first kappa shape index (κ1) is 13.2. The van der Waals surface area contributed by atoms with Gasteiger partial charge in [-0.15, -0.1) is 0 Å². The number of rotatable bonds is 4. The monoisotopic (exact) mass is 227 g/mol. The fraction of sp³-hybridized carbons (Fsp3) is 0.750. The van der Waals surface area contributed by atoms with Gasteiger partial charge in [0.25, 0.3) is 0 Å². The highest BCUT2D eigenvalue weighted by Crippen LogP contribution is 2.41. The molecule has 1 heterocycles. The minimum absolute atomic E-state index is 0.0195. The first-order chi connectivity index (χ1) is 7.35. The van der Waals surface area contributed by atoms with Crippen LogP contribution < -0.4 is 5.73 Å². The van der Waals surface area contributed by atoms with Gasteiger partial charge in [-0.1, -0.05) is 27.7 Å². The summed E-state index contributed by atoms with van der Waals surface area (Å²) in [6.07, 6.45) is 4.34. The molecule has 16 heavy (non-hydrogen) atoms. The number of alkyl halides is 1. The molecule has 0 radical (unpaired) electrons. The Balaban J connectivity index is 3.04. The van der Waals surface area contributed by atoms with E-state index >= 15 is 0 Å². The quantitative estimate of drug-likeness (QED) is 0.858. The molecule has 0 aliphatic rings. The Kier molecular flexibility index (Phi) is 3.73. The van der Waals surface area contributed by atoms with Crippen molar-refractivity contribution in [2.45, 2.75) is 46.3 Å². The Morgan fingerprint density at radius 3 is 2.50 bits per heavy atom. The van der Waals surface area contributed by atoms with Gasteiger partial charge in [-0.05, 0) is 6.42 Å². The number of hydrogen-bond acceptors (Lipinski definition) is 2. The van der Waals surface area contributed by atoms with Crippen molar-refractivity contribution in [2.75, 3.05) is 6.54 Å². The molecule has 0 amide bonds. The van der Waals surface area contributed by atoms with Gasteiger partial charge in [0.1, 0.15) is 0 Å². The molecule has 2 N–H and O–H groups in total. The highest BCUT2D eigenvalue weighted by Gasteiger charge is 2.43. The summed E-state index contributed by atoms with van der Waals surface area (Å²) in [6, 6.07) is 0. The van der Waals surface area contributed by atoms with E-state index in [2.05, 4.69) is 12.0 Å². The highest BCUT2D eigenvalue weighted by atomic mass is 19.1. The summed E-state index contributed by atoms with van der Waals surface area (Å²) in [4.78, 5) is 0. The number of nitrogens with two attached hydrogens (primary N) is 1. The SMILES string of the molecule is CCCn1cc(C(F)(CN)C(C)(C)C)cn1. The van der Waals surface area contributed by atoms with Gasteiger partial charge in [0.05, 0.1) is 6.20 Å². The molecular formula is C12H22FN3. The second-order valence-electron chi connectivity index (χ2n) is 5.25. The van der Waals surface area contributed by atoms with Gasteiger partial charge in [0.15, 0.2) is 5.67 Å². The van der Waals surface area contributed by atoms with E-state index in [0.29, 0.717) is 5.56 Å². The summed E-state index contributed by atoms with van der Waals surface area (Å²) in [5.41, 5.74) is 4.14. The van der Waals surface area contributed by atoms with Gasteiger partial charge in [-0.2, -0.15) is 5.10 Å². The number of hydrogen-bond donors (Lipinski definition) is 1. The molecule has 1 aromatic rings. The zero-order chi connectivity index (χ0) is 12.4. The summed E-state index contributed by atoms with van der Waals surface area (Å²) in [7, 11) is 0. The van der Waals surface area contributed by atoms with E-state index < -0.39 is 11.1 Å². The van der Waals surface area contributed by atoms with Crippen LogP contribution in [0.5, 0.6) is 0 Å². The fourth-order valence-corrected chi connectivity index (χ4v) is 1.78. The lowest BCUT2D eigenvalue weighted by Gasteiger charge is -2.36. The molecule has 0 aliphatic carbocycles. The molecule has 1 atom stereocenters. The van der Waals surface area contributed by atoms with Gasteiger partial charge in [0.2, 0.25) is 0 Å². The van der Waals surface area contributed by atoms with Crippen LogP contribution in [0.15, 0.2) is 12.4 Å². The van der Waals surface area contributed by atoms with Crippen LogP contribution in [0.1, 0.15) is 39.7 Å². The van der Waals surface area contributed by atoms with Crippen LogP contribution in [0.25, 0.3) is 0 Å². The Labute approximate surface area is 96.8 Å². The highest BCUT2D eigenvalue weighted by molar-refractivity contribution is 5.19. The number of nitrogens with zero attached hydrogens (tertiary/aromatic N) is 2. The van der Waals surface area contributed by atoms with Crippen LogP contribution in [-0.4, -0.2) is 16.3 Å². The standard InChI is InChI=1S/C12H22FN3/c1-5-6-16-8-10(7-15-16)12(13,9-14)11(2,3)4/h7-8H,5-6,9,14H2,1-4H3. The van der Waals surface area contributed by atoms with Crippen molar-refractivity contribution >= 4 is 0 Å². The van der Waals surface area contributed by atoms with Crippen molar-refractivity contribution in [3.8, 4) is 0 Å². The molecule has 0 aromatic carbocycles. The lowest BCUT2D eigenvalue weighted by Crippen LogP contribution is -2.42. The zero-order valence-electron chi connectivity index (χ0n) is 10.6. The molecule has 0 aliphatic heterocycles. The molecule has 3 nitrogen and oxygen atoms in total. The van der Waals surface area contributed by atoms with Crippen LogP contribution in [0.3, 0.4) is 0 Å². The van der Waals surface area contributed by atoms with Crippen molar-refractivity contribution in [2.24, 2.45) is 11.1 Å². The van der Waals surface area contributed by atoms with Crippen molar-refractivity contribution in [1.29, 1.82) is 0 Å². The van der Waals surface area contributed by atoms with Crippen LogP contribution in [0.4, 0.5) is 4.39 Å². The Morgan fingerprint density at radius 1 is 1.44 bits per heavy atom. The van der Waals surface area contributed by atoms with Gasteiger partial charge in [-0.3, -0.25) is 4.68 Å². The lowest BCUT2D eigenvalue weighted by atomic mass is 9.74. The van der Waals surface area contributed by atoms with Gasteiger partial charge >= 0.3 is 0 Å². The molecule has 0 saturated heterocycles. The average molecular weight is 227 g/mol. The predicted molar refractivity (Wildman–Crippen MR) is 63.8 cm³/mol. The minimum atomic E-state index is -1.51. The van der Waals surface area contributed by atoms with Crippen LogP contribution in [-0.2, 0) is 12.2 Å². The van der Waals surface area contributed by atoms with Crippen LogP contribution in [0, 0.1) is 5.41 Å². The second kappa shape index (κ2) is 4.53. The first-order valence-corrected chi connectivity index (χ1v) is 5.77. The third-order valence-electron chi connectivity index (χ3n) is 3.01. The average Bonchev–Trinajstić information content (AvgIpc) is 2.64. The molecule has 0 saturated carbocycles. The largest absolute Gasteiger partial charge is 0.327 e. The molecule has 1 aromatic heterocycles.